The quantitative estimate of drug-likeness (QED) is 0.686. The number of ether oxygens (including phenoxy) is 1. The molecule has 2 amide bonds. The van der Waals surface area contributed by atoms with E-state index in [1.165, 1.54) is 28.2 Å². The predicted octanol–water partition coefficient (Wildman–Crippen LogP) is 3.45. The SMILES string of the molecule is CCOC(=O)Nc1nc2c(s1)CN(C(=O)c1cc(-c3ccc(F)cc3)nn1C)CC2. The number of rotatable bonds is 4. The van der Waals surface area contributed by atoms with Gasteiger partial charge in [-0.15, -0.1) is 0 Å². The minimum atomic E-state index is -0.542. The van der Waals surface area contributed by atoms with Gasteiger partial charge < -0.3 is 9.64 Å². The topological polar surface area (TPSA) is 89.3 Å². The van der Waals surface area contributed by atoms with Gasteiger partial charge in [0, 0.05) is 30.5 Å². The lowest BCUT2D eigenvalue weighted by Crippen LogP contribution is -2.36. The second kappa shape index (κ2) is 8.23. The number of hydrogen-bond donors (Lipinski definition) is 1. The molecule has 0 aliphatic carbocycles. The summed E-state index contributed by atoms with van der Waals surface area (Å²) in [4.78, 5) is 31.8. The first kappa shape index (κ1) is 20.0. The number of amides is 2. The Morgan fingerprint density at radius 2 is 2.07 bits per heavy atom. The van der Waals surface area contributed by atoms with E-state index in [-0.39, 0.29) is 18.3 Å². The monoisotopic (exact) mass is 429 g/mol. The molecule has 1 aliphatic heterocycles. The second-order valence-corrected chi connectivity index (χ2v) is 7.84. The molecule has 1 aliphatic rings. The molecule has 8 nitrogen and oxygen atoms in total. The molecule has 1 N–H and O–H groups in total. The number of nitrogens with one attached hydrogen (secondary N) is 1. The first-order chi connectivity index (χ1) is 14.4. The van der Waals surface area contributed by atoms with Crippen LogP contribution in [0.25, 0.3) is 11.3 Å². The summed E-state index contributed by atoms with van der Waals surface area (Å²) in [6.07, 6.45) is 0.0600. The number of benzene rings is 1. The maximum atomic E-state index is 13.2. The molecule has 0 radical (unpaired) electrons. The average Bonchev–Trinajstić information content (AvgIpc) is 3.30. The van der Waals surface area contributed by atoms with Crippen LogP contribution < -0.4 is 5.32 Å². The summed E-state index contributed by atoms with van der Waals surface area (Å²) in [5.74, 6) is -0.464. The summed E-state index contributed by atoms with van der Waals surface area (Å²) in [6, 6.07) is 7.71. The number of anilines is 1. The third kappa shape index (κ3) is 4.04. The minimum Gasteiger partial charge on any atom is -0.450 e. The van der Waals surface area contributed by atoms with Gasteiger partial charge in [0.25, 0.3) is 5.91 Å². The van der Waals surface area contributed by atoms with E-state index in [4.69, 9.17) is 4.74 Å². The van der Waals surface area contributed by atoms with Gasteiger partial charge in [0.15, 0.2) is 5.13 Å². The molecule has 0 atom stereocenters. The molecular formula is C20H20FN5O3S. The summed E-state index contributed by atoms with van der Waals surface area (Å²) < 4.78 is 19.6. The van der Waals surface area contributed by atoms with E-state index in [0.29, 0.717) is 36.0 Å². The van der Waals surface area contributed by atoms with Crippen LogP contribution in [0.3, 0.4) is 0 Å². The van der Waals surface area contributed by atoms with Crippen LogP contribution in [0.2, 0.25) is 0 Å². The van der Waals surface area contributed by atoms with Crippen molar-refractivity contribution in [2.75, 3.05) is 18.5 Å². The van der Waals surface area contributed by atoms with Crippen molar-refractivity contribution in [3.63, 3.8) is 0 Å². The zero-order chi connectivity index (χ0) is 21.3. The van der Waals surface area contributed by atoms with Crippen molar-refractivity contribution in [2.45, 2.75) is 19.9 Å². The maximum Gasteiger partial charge on any atom is 0.413 e. The van der Waals surface area contributed by atoms with E-state index >= 15 is 0 Å². The van der Waals surface area contributed by atoms with Crippen LogP contribution >= 0.6 is 11.3 Å². The third-order valence-corrected chi connectivity index (χ3v) is 5.74. The zero-order valence-electron chi connectivity index (χ0n) is 16.5. The number of halogens is 1. The number of nitrogens with zero attached hydrogens (tertiary/aromatic N) is 4. The summed E-state index contributed by atoms with van der Waals surface area (Å²) in [6.45, 7) is 2.94. The second-order valence-electron chi connectivity index (χ2n) is 6.76. The van der Waals surface area contributed by atoms with Crippen molar-refractivity contribution in [1.82, 2.24) is 19.7 Å². The molecule has 2 aromatic heterocycles. The first-order valence-corrected chi connectivity index (χ1v) is 10.3. The average molecular weight is 429 g/mol. The van der Waals surface area contributed by atoms with Gasteiger partial charge in [0.2, 0.25) is 0 Å². The Morgan fingerprint density at radius 3 is 2.80 bits per heavy atom. The highest BCUT2D eigenvalue weighted by Gasteiger charge is 2.27. The molecule has 3 heterocycles. The van der Waals surface area contributed by atoms with Gasteiger partial charge in [-0.2, -0.15) is 5.10 Å². The molecule has 156 valence electrons. The molecule has 0 saturated heterocycles. The van der Waals surface area contributed by atoms with Gasteiger partial charge in [0.1, 0.15) is 11.5 Å². The minimum absolute atomic E-state index is 0.141. The fourth-order valence-corrected chi connectivity index (χ4v) is 4.28. The van der Waals surface area contributed by atoms with Crippen LogP contribution in [0.15, 0.2) is 30.3 Å². The van der Waals surface area contributed by atoms with Gasteiger partial charge in [-0.1, -0.05) is 11.3 Å². The lowest BCUT2D eigenvalue weighted by atomic mass is 10.1. The number of hydrogen-bond acceptors (Lipinski definition) is 6. The Hall–Kier alpha value is -3.27. The third-order valence-electron chi connectivity index (χ3n) is 4.74. The highest BCUT2D eigenvalue weighted by molar-refractivity contribution is 7.15. The zero-order valence-corrected chi connectivity index (χ0v) is 17.3. The van der Waals surface area contributed by atoms with E-state index in [1.807, 2.05) is 0 Å². The Labute approximate surface area is 176 Å². The first-order valence-electron chi connectivity index (χ1n) is 9.46. The highest BCUT2D eigenvalue weighted by atomic mass is 32.1. The Morgan fingerprint density at radius 1 is 1.30 bits per heavy atom. The van der Waals surface area contributed by atoms with E-state index in [9.17, 15) is 14.0 Å². The standard InChI is InChI=1S/C20H20FN5O3S/c1-3-29-20(28)23-19-22-14-8-9-26(11-17(14)30-19)18(27)16-10-15(24-25(16)2)12-4-6-13(21)7-5-12/h4-7,10H,3,8-9,11H2,1-2H3,(H,22,23,28). The van der Waals surface area contributed by atoms with Gasteiger partial charge in [-0.25, -0.2) is 14.2 Å². The van der Waals surface area contributed by atoms with Crippen molar-refractivity contribution in [3.05, 3.63) is 52.4 Å². The lowest BCUT2D eigenvalue weighted by molar-refractivity contribution is 0.0725. The number of carbonyl (C=O) groups is 2. The fraction of sp³-hybridized carbons (Fsp3) is 0.300. The predicted molar refractivity (Wildman–Crippen MR) is 110 cm³/mol. The van der Waals surface area contributed by atoms with E-state index in [1.54, 1.807) is 37.1 Å². The molecule has 0 bridgehead atoms. The number of carbonyl (C=O) groups excluding carboxylic acids is 2. The normalized spacial score (nSPS) is 13.1. The van der Waals surface area contributed by atoms with Crippen LogP contribution in [0.4, 0.5) is 14.3 Å². The number of aromatic nitrogens is 3. The molecule has 0 fully saturated rings. The molecule has 30 heavy (non-hydrogen) atoms. The summed E-state index contributed by atoms with van der Waals surface area (Å²) in [5.41, 5.74) is 2.68. The van der Waals surface area contributed by atoms with E-state index < -0.39 is 6.09 Å². The molecule has 0 unspecified atom stereocenters. The van der Waals surface area contributed by atoms with Crippen LogP contribution in [-0.2, 0) is 24.8 Å². The lowest BCUT2D eigenvalue weighted by Gasteiger charge is -2.25. The Balaban J connectivity index is 1.49. The van der Waals surface area contributed by atoms with E-state index in [2.05, 4.69) is 15.4 Å². The summed E-state index contributed by atoms with van der Waals surface area (Å²) >= 11 is 1.34. The van der Waals surface area contributed by atoms with Crippen molar-refractivity contribution in [3.8, 4) is 11.3 Å². The van der Waals surface area contributed by atoms with Gasteiger partial charge in [0.05, 0.1) is 24.5 Å². The molecule has 0 saturated carbocycles. The molecule has 10 heteroatoms. The van der Waals surface area contributed by atoms with Crippen LogP contribution in [-0.4, -0.2) is 44.8 Å². The molecule has 1 aromatic carbocycles. The van der Waals surface area contributed by atoms with Crippen molar-refractivity contribution < 1.29 is 18.7 Å². The van der Waals surface area contributed by atoms with Gasteiger partial charge in [-0.05, 0) is 37.3 Å². The number of aryl methyl sites for hydroxylation is 1. The number of thiazole rings is 1. The molecule has 0 spiro atoms. The molecular weight excluding hydrogens is 409 g/mol. The van der Waals surface area contributed by atoms with Crippen LogP contribution in [0.1, 0.15) is 28.0 Å². The Kier molecular flexibility index (Phi) is 5.49. The maximum absolute atomic E-state index is 13.2. The van der Waals surface area contributed by atoms with Crippen molar-refractivity contribution in [1.29, 1.82) is 0 Å². The van der Waals surface area contributed by atoms with Crippen LogP contribution in [0.5, 0.6) is 0 Å². The Bertz CT molecular complexity index is 1090. The molecule has 4 rings (SSSR count). The van der Waals surface area contributed by atoms with Crippen molar-refractivity contribution >= 4 is 28.5 Å². The largest absolute Gasteiger partial charge is 0.450 e. The van der Waals surface area contributed by atoms with Crippen molar-refractivity contribution in [2.24, 2.45) is 7.05 Å². The van der Waals surface area contributed by atoms with Crippen LogP contribution in [0, 0.1) is 5.82 Å². The van der Waals surface area contributed by atoms with E-state index in [0.717, 1.165) is 16.1 Å². The van der Waals surface area contributed by atoms with Gasteiger partial charge >= 0.3 is 6.09 Å². The fourth-order valence-electron chi connectivity index (χ4n) is 3.27. The molecule has 3 aromatic rings. The highest BCUT2D eigenvalue weighted by Crippen LogP contribution is 2.29. The van der Waals surface area contributed by atoms with Gasteiger partial charge in [-0.3, -0.25) is 14.8 Å². The summed E-state index contributed by atoms with van der Waals surface area (Å²) in [7, 11) is 1.71. The smallest absolute Gasteiger partial charge is 0.413 e. The number of fused-ring (bicyclic) bond motifs is 1. The summed E-state index contributed by atoms with van der Waals surface area (Å²) in [5, 5.41) is 7.48.